The van der Waals surface area contributed by atoms with Crippen LogP contribution >= 0.6 is 0 Å². The van der Waals surface area contributed by atoms with Crippen LogP contribution in [0.1, 0.15) is 0 Å². The van der Waals surface area contributed by atoms with Crippen molar-refractivity contribution < 1.29 is 73.2 Å². The Morgan fingerprint density at radius 3 is 2.09 bits per heavy atom. The first-order chi connectivity index (χ1) is 4.54. The standard InChI is InChI=1S/C7H8O3.Rb/c1-5(7(9)10)3-4-6(2)8;/h3-4,8H,1-2H2,(H,9,10);/q;+1/p-1/b4-3-;. The Morgan fingerprint density at radius 2 is 1.82 bits per heavy atom. The average Bonchev–Trinajstić information content (AvgIpc) is 1.82. The Morgan fingerprint density at radius 1 is 1.36 bits per heavy atom. The van der Waals surface area contributed by atoms with Gasteiger partial charge in [-0.05, 0) is 11.6 Å². The van der Waals surface area contributed by atoms with Crippen LogP contribution in [-0.4, -0.2) is 11.1 Å². The maximum atomic E-state index is 9.94. The molecule has 0 rings (SSSR count). The average molecular weight is 225 g/mol. The van der Waals surface area contributed by atoms with Crippen LogP contribution in [0.4, 0.5) is 0 Å². The van der Waals surface area contributed by atoms with Gasteiger partial charge < -0.3 is 15.0 Å². The topological polar surface area (TPSA) is 60.4 Å². The number of rotatable bonds is 3. The number of carbonyl (C=O) groups excluding carboxylic acids is 1. The zero-order chi connectivity index (χ0) is 8.15. The Labute approximate surface area is 114 Å². The van der Waals surface area contributed by atoms with E-state index in [0.29, 0.717) is 0 Å². The Kier molecular flexibility index (Phi) is 8.78. The molecule has 3 nitrogen and oxygen atoms in total. The van der Waals surface area contributed by atoms with E-state index < -0.39 is 5.97 Å². The fourth-order valence-electron chi connectivity index (χ4n) is 0.265. The summed E-state index contributed by atoms with van der Waals surface area (Å²) in [5, 5.41) is 18.4. The van der Waals surface area contributed by atoms with Crippen LogP contribution in [0, 0.1) is 0 Å². The van der Waals surface area contributed by atoms with Gasteiger partial charge in [0.15, 0.2) is 0 Å². The molecule has 0 spiro atoms. The fourth-order valence-corrected chi connectivity index (χ4v) is 0.265. The molecule has 0 radical (unpaired) electrons. The number of carboxylic acid groups (broad SMARTS) is 1. The molecule has 0 bridgehead atoms. The van der Waals surface area contributed by atoms with Gasteiger partial charge in [-0.1, -0.05) is 19.2 Å². The van der Waals surface area contributed by atoms with Gasteiger partial charge in [-0.2, -0.15) is 0 Å². The number of carbonyl (C=O) groups is 1. The van der Waals surface area contributed by atoms with Gasteiger partial charge in [-0.3, -0.25) is 0 Å². The van der Waals surface area contributed by atoms with Gasteiger partial charge in [-0.25, -0.2) is 0 Å². The quantitative estimate of drug-likeness (QED) is 0.314. The molecule has 0 fully saturated rings. The van der Waals surface area contributed by atoms with Crippen molar-refractivity contribution >= 4 is 5.97 Å². The van der Waals surface area contributed by atoms with Crippen LogP contribution in [0.25, 0.3) is 0 Å². The first kappa shape index (κ1) is 13.9. The third kappa shape index (κ3) is 8.20. The second-order valence-corrected chi connectivity index (χ2v) is 1.64. The van der Waals surface area contributed by atoms with Crippen LogP contribution in [0.15, 0.2) is 36.6 Å². The van der Waals surface area contributed by atoms with E-state index in [4.69, 9.17) is 5.11 Å². The van der Waals surface area contributed by atoms with Crippen LogP contribution in [0.5, 0.6) is 0 Å². The van der Waals surface area contributed by atoms with Crippen molar-refractivity contribution in [3.05, 3.63) is 36.6 Å². The number of allylic oxidation sites excluding steroid dienone is 1. The van der Waals surface area contributed by atoms with Gasteiger partial charge >= 0.3 is 58.2 Å². The molecule has 0 atom stereocenters. The third-order valence-electron chi connectivity index (χ3n) is 0.739. The normalized spacial score (nSPS) is 8.73. The Bertz CT molecular complexity index is 206. The minimum Gasteiger partial charge on any atom is -0.545 e. The van der Waals surface area contributed by atoms with Gasteiger partial charge in [0.25, 0.3) is 0 Å². The molecule has 0 aliphatic rings. The fraction of sp³-hybridized carbons (Fsp3) is 0. The second-order valence-electron chi connectivity index (χ2n) is 1.64. The summed E-state index contributed by atoms with van der Waals surface area (Å²) in [6.45, 7) is 6.23. The van der Waals surface area contributed by atoms with Gasteiger partial charge in [0.1, 0.15) is 5.76 Å². The van der Waals surface area contributed by atoms with E-state index in [0.717, 1.165) is 12.2 Å². The van der Waals surface area contributed by atoms with E-state index in [2.05, 4.69) is 13.2 Å². The predicted octanol–water partition coefficient (Wildman–Crippen LogP) is -3.08. The number of aliphatic hydroxyl groups is 1. The van der Waals surface area contributed by atoms with Gasteiger partial charge in [0, 0.05) is 0 Å². The van der Waals surface area contributed by atoms with Crippen LogP contribution in [0.3, 0.4) is 0 Å². The Balaban J connectivity index is 0. The summed E-state index contributed by atoms with van der Waals surface area (Å²) in [6, 6.07) is 0. The molecule has 0 amide bonds. The number of carboxylic acids is 1. The van der Waals surface area contributed by atoms with Crippen LogP contribution < -0.4 is 63.3 Å². The zero-order valence-electron chi connectivity index (χ0n) is 6.33. The van der Waals surface area contributed by atoms with E-state index >= 15 is 0 Å². The third-order valence-corrected chi connectivity index (χ3v) is 0.739. The molecular formula is C7H7O3Rb. The second kappa shape index (κ2) is 6.97. The van der Waals surface area contributed by atoms with Crippen molar-refractivity contribution in [2.75, 3.05) is 0 Å². The molecule has 0 aliphatic carbocycles. The van der Waals surface area contributed by atoms with Crippen molar-refractivity contribution in [1.29, 1.82) is 0 Å². The van der Waals surface area contributed by atoms with Crippen LogP contribution in [-0.2, 0) is 4.79 Å². The molecule has 0 unspecified atom stereocenters. The number of aliphatic hydroxyl groups excluding tert-OH is 1. The van der Waals surface area contributed by atoms with Crippen molar-refractivity contribution in [3.63, 3.8) is 0 Å². The maximum absolute atomic E-state index is 9.94. The summed E-state index contributed by atoms with van der Waals surface area (Å²) < 4.78 is 0. The largest absolute Gasteiger partial charge is 1.00 e. The summed E-state index contributed by atoms with van der Waals surface area (Å²) in [5.41, 5.74) is -0.199. The summed E-state index contributed by atoms with van der Waals surface area (Å²) >= 11 is 0. The van der Waals surface area contributed by atoms with E-state index in [9.17, 15) is 9.90 Å². The van der Waals surface area contributed by atoms with Crippen LogP contribution in [0.2, 0.25) is 0 Å². The predicted molar refractivity (Wildman–Crippen MR) is 35.1 cm³/mol. The van der Waals surface area contributed by atoms with Crippen molar-refractivity contribution in [3.8, 4) is 0 Å². The molecule has 0 aromatic heterocycles. The molecule has 0 heterocycles. The number of hydrogen-bond acceptors (Lipinski definition) is 3. The van der Waals surface area contributed by atoms with Crippen molar-refractivity contribution in [2.24, 2.45) is 0 Å². The summed E-state index contributed by atoms with van der Waals surface area (Å²) in [5.74, 6) is -1.58. The zero-order valence-corrected chi connectivity index (χ0v) is 11.2. The molecule has 0 saturated carbocycles. The smallest absolute Gasteiger partial charge is 0.545 e. The molecule has 0 saturated heterocycles. The van der Waals surface area contributed by atoms with E-state index in [1.807, 2.05) is 0 Å². The maximum Gasteiger partial charge on any atom is 1.00 e. The van der Waals surface area contributed by atoms with Gasteiger partial charge in [0.2, 0.25) is 0 Å². The van der Waals surface area contributed by atoms with E-state index in [-0.39, 0.29) is 69.5 Å². The number of aliphatic carboxylic acids is 1. The van der Waals surface area contributed by atoms with Crippen molar-refractivity contribution in [1.82, 2.24) is 0 Å². The monoisotopic (exact) mass is 224 g/mol. The SMILES string of the molecule is C=C(O)/C=C\C(=C)C(=O)[O-].[Rb+]. The van der Waals surface area contributed by atoms with E-state index in [1.54, 1.807) is 0 Å². The summed E-state index contributed by atoms with van der Waals surface area (Å²) in [4.78, 5) is 9.94. The minimum atomic E-state index is -1.36. The minimum absolute atomic E-state index is 0. The number of hydrogen-bond donors (Lipinski definition) is 1. The van der Waals surface area contributed by atoms with Gasteiger partial charge in [0.05, 0.1) is 5.97 Å². The molecule has 4 heteroatoms. The molecule has 0 aromatic carbocycles. The molecule has 11 heavy (non-hydrogen) atoms. The first-order valence-corrected chi connectivity index (χ1v) is 2.50. The Hall–Kier alpha value is 0.295. The first-order valence-electron chi connectivity index (χ1n) is 2.50. The van der Waals surface area contributed by atoms with Gasteiger partial charge in [-0.15, -0.1) is 0 Å². The van der Waals surface area contributed by atoms with Crippen molar-refractivity contribution in [2.45, 2.75) is 0 Å². The molecule has 0 aliphatic heterocycles. The molecule has 0 aromatic rings. The molecular weight excluding hydrogens is 218 g/mol. The van der Waals surface area contributed by atoms with E-state index in [1.165, 1.54) is 0 Å². The summed E-state index contributed by atoms with van der Waals surface area (Å²) in [6.07, 6.45) is 2.23. The summed E-state index contributed by atoms with van der Waals surface area (Å²) in [7, 11) is 0. The molecule has 1 N–H and O–H groups in total. The molecule has 54 valence electrons.